The van der Waals surface area contributed by atoms with E-state index in [0.717, 1.165) is 61.2 Å². The average Bonchev–Trinajstić information content (AvgIpc) is 3.39. The Morgan fingerprint density at radius 3 is 2.42 bits per heavy atom. The maximum absolute atomic E-state index is 6.62. The molecule has 0 bridgehead atoms. The number of nitrogens with one attached hydrogen (secondary N) is 1. The van der Waals surface area contributed by atoms with Crippen LogP contribution in [0.3, 0.4) is 0 Å². The zero-order chi connectivity index (χ0) is 24.8. The zero-order valence-corrected chi connectivity index (χ0v) is 22.4. The molecule has 2 aliphatic rings. The molecule has 2 aromatic carbocycles. The molecule has 3 unspecified atom stereocenters. The maximum atomic E-state index is 6.62. The average molecular weight is 523 g/mol. The molecule has 3 aromatic rings. The standard InChI is InChI=1S/C29H35ClN4OS/c1-29(24-7-3-2-4-8-24,25-9-11-26(30)12-10-25)35-19-18-33-14-16-34(17-15-33)21-27-22-36-28(32-27)23-6-5-13-31-20-23/h2-13,20,27-28,32H,14-19,21-22H2,1H3. The number of benzene rings is 2. The van der Waals surface area contributed by atoms with Crippen LogP contribution in [-0.4, -0.2) is 72.5 Å². The molecule has 5 nitrogen and oxygen atoms in total. The van der Waals surface area contributed by atoms with E-state index in [1.807, 2.05) is 48.4 Å². The summed E-state index contributed by atoms with van der Waals surface area (Å²) in [6, 6.07) is 23.2. The number of thioether (sulfide) groups is 1. The third kappa shape index (κ3) is 6.31. The Labute approximate surface area is 224 Å². The summed E-state index contributed by atoms with van der Waals surface area (Å²) in [5, 5.41) is 4.90. The summed E-state index contributed by atoms with van der Waals surface area (Å²) >= 11 is 8.15. The second-order valence-electron chi connectivity index (χ2n) is 9.76. The van der Waals surface area contributed by atoms with Gasteiger partial charge < -0.3 is 4.74 Å². The van der Waals surface area contributed by atoms with Gasteiger partial charge in [0.15, 0.2) is 0 Å². The molecule has 0 radical (unpaired) electrons. The van der Waals surface area contributed by atoms with Crippen molar-refractivity contribution in [2.45, 2.75) is 23.9 Å². The summed E-state index contributed by atoms with van der Waals surface area (Å²) in [7, 11) is 0. The molecule has 5 rings (SSSR count). The van der Waals surface area contributed by atoms with E-state index < -0.39 is 5.60 Å². The van der Waals surface area contributed by atoms with E-state index in [9.17, 15) is 0 Å². The van der Waals surface area contributed by atoms with Crippen molar-refractivity contribution >= 4 is 23.4 Å². The van der Waals surface area contributed by atoms with E-state index in [0.29, 0.717) is 18.0 Å². The van der Waals surface area contributed by atoms with Crippen molar-refractivity contribution in [1.82, 2.24) is 20.1 Å². The van der Waals surface area contributed by atoms with Crippen LogP contribution < -0.4 is 5.32 Å². The smallest absolute Gasteiger partial charge is 0.115 e. The Morgan fingerprint density at radius 1 is 0.972 bits per heavy atom. The summed E-state index contributed by atoms with van der Waals surface area (Å²) in [6.45, 7) is 9.26. The van der Waals surface area contributed by atoms with Crippen molar-refractivity contribution in [3.8, 4) is 0 Å². The fourth-order valence-corrected chi connectivity index (χ4v) is 6.47. The first kappa shape index (κ1) is 25.7. The number of halogens is 1. The van der Waals surface area contributed by atoms with Gasteiger partial charge in [0.1, 0.15) is 5.60 Å². The lowest BCUT2D eigenvalue weighted by Crippen LogP contribution is -2.51. The van der Waals surface area contributed by atoms with Gasteiger partial charge in [-0.05, 0) is 41.8 Å². The first-order chi connectivity index (χ1) is 17.6. The monoisotopic (exact) mass is 522 g/mol. The highest BCUT2D eigenvalue weighted by molar-refractivity contribution is 7.99. The Hall–Kier alpha value is -1.93. The number of pyridine rings is 1. The van der Waals surface area contributed by atoms with E-state index in [1.165, 1.54) is 5.56 Å². The number of nitrogens with zero attached hydrogens (tertiary/aromatic N) is 3. The maximum Gasteiger partial charge on any atom is 0.115 e. The summed E-state index contributed by atoms with van der Waals surface area (Å²) < 4.78 is 6.62. The lowest BCUT2D eigenvalue weighted by Gasteiger charge is -2.37. The van der Waals surface area contributed by atoms with Crippen LogP contribution in [0.1, 0.15) is 29.0 Å². The molecule has 2 aliphatic heterocycles. The van der Waals surface area contributed by atoms with Gasteiger partial charge in [0, 0.05) is 68.5 Å². The Bertz CT molecular complexity index is 1080. The molecule has 0 amide bonds. The molecule has 2 fully saturated rings. The number of ether oxygens (including phenoxy) is 1. The summed E-state index contributed by atoms with van der Waals surface area (Å²) in [6.07, 6.45) is 3.81. The predicted octanol–water partition coefficient (Wildman–Crippen LogP) is 5.04. The van der Waals surface area contributed by atoms with E-state index in [2.05, 4.69) is 69.5 Å². The Balaban J connectivity index is 1.09. The molecule has 3 heterocycles. The number of hydrogen-bond donors (Lipinski definition) is 1. The summed E-state index contributed by atoms with van der Waals surface area (Å²) in [5.74, 6) is 1.15. The van der Waals surface area contributed by atoms with E-state index in [1.54, 1.807) is 0 Å². The minimum absolute atomic E-state index is 0.363. The first-order valence-electron chi connectivity index (χ1n) is 12.8. The fraction of sp³-hybridized carbons (Fsp3) is 0.414. The highest BCUT2D eigenvalue weighted by Gasteiger charge is 2.31. The molecule has 0 aliphatic carbocycles. The SMILES string of the molecule is CC(OCCN1CCN(CC2CSC(c3cccnc3)N2)CC1)(c1ccccc1)c1ccc(Cl)cc1. The first-order valence-corrected chi connectivity index (χ1v) is 14.2. The molecular weight excluding hydrogens is 488 g/mol. The number of rotatable bonds is 9. The van der Waals surface area contributed by atoms with Gasteiger partial charge in [-0.25, -0.2) is 0 Å². The molecule has 0 spiro atoms. The van der Waals surface area contributed by atoms with Gasteiger partial charge in [-0.2, -0.15) is 0 Å². The van der Waals surface area contributed by atoms with Crippen LogP contribution in [0.15, 0.2) is 79.1 Å². The molecule has 1 aromatic heterocycles. The third-order valence-electron chi connectivity index (χ3n) is 7.30. The van der Waals surface area contributed by atoms with Crippen LogP contribution in [-0.2, 0) is 10.3 Å². The van der Waals surface area contributed by atoms with Crippen molar-refractivity contribution in [1.29, 1.82) is 0 Å². The molecule has 0 saturated carbocycles. The number of piperazine rings is 1. The summed E-state index contributed by atoms with van der Waals surface area (Å²) in [4.78, 5) is 9.40. The van der Waals surface area contributed by atoms with Crippen LogP contribution in [0, 0.1) is 0 Å². The normalized spacial score (nSPS) is 22.9. The number of aromatic nitrogens is 1. The second kappa shape index (κ2) is 12.1. The molecule has 36 heavy (non-hydrogen) atoms. The van der Waals surface area contributed by atoms with Gasteiger partial charge in [0.25, 0.3) is 0 Å². The quantitative estimate of drug-likeness (QED) is 0.425. The predicted molar refractivity (Wildman–Crippen MR) is 150 cm³/mol. The van der Waals surface area contributed by atoms with Crippen molar-refractivity contribution in [3.05, 3.63) is 101 Å². The zero-order valence-electron chi connectivity index (χ0n) is 20.9. The van der Waals surface area contributed by atoms with Gasteiger partial charge in [-0.1, -0.05) is 60.1 Å². The third-order valence-corrected chi connectivity index (χ3v) is 8.89. The van der Waals surface area contributed by atoms with Gasteiger partial charge in [-0.3, -0.25) is 20.1 Å². The molecule has 1 N–H and O–H groups in total. The fourth-order valence-electron chi connectivity index (χ4n) is 5.10. The van der Waals surface area contributed by atoms with E-state index in [4.69, 9.17) is 16.3 Å². The lowest BCUT2D eigenvalue weighted by molar-refractivity contribution is -0.0193. The lowest BCUT2D eigenvalue weighted by atomic mass is 9.88. The van der Waals surface area contributed by atoms with Crippen molar-refractivity contribution < 1.29 is 4.74 Å². The van der Waals surface area contributed by atoms with Gasteiger partial charge >= 0.3 is 0 Å². The van der Waals surface area contributed by atoms with Crippen LogP contribution in [0.4, 0.5) is 0 Å². The molecular formula is C29H35ClN4OS. The molecule has 7 heteroatoms. The highest BCUT2D eigenvalue weighted by Crippen LogP contribution is 2.34. The van der Waals surface area contributed by atoms with Crippen molar-refractivity contribution in [2.24, 2.45) is 0 Å². The topological polar surface area (TPSA) is 40.6 Å². The van der Waals surface area contributed by atoms with E-state index in [-0.39, 0.29) is 0 Å². The van der Waals surface area contributed by atoms with Crippen molar-refractivity contribution in [3.63, 3.8) is 0 Å². The number of hydrogen-bond acceptors (Lipinski definition) is 6. The molecule has 2 saturated heterocycles. The minimum Gasteiger partial charge on any atom is -0.365 e. The van der Waals surface area contributed by atoms with Crippen LogP contribution in [0.2, 0.25) is 5.02 Å². The van der Waals surface area contributed by atoms with E-state index >= 15 is 0 Å². The van der Waals surface area contributed by atoms with Crippen LogP contribution in [0.5, 0.6) is 0 Å². The highest BCUT2D eigenvalue weighted by atomic mass is 35.5. The van der Waals surface area contributed by atoms with Gasteiger partial charge in [0.2, 0.25) is 0 Å². The molecule has 3 atom stereocenters. The Kier molecular flexibility index (Phi) is 8.62. The largest absolute Gasteiger partial charge is 0.365 e. The minimum atomic E-state index is -0.510. The van der Waals surface area contributed by atoms with Gasteiger partial charge in [0.05, 0.1) is 12.0 Å². The van der Waals surface area contributed by atoms with Gasteiger partial charge in [-0.15, -0.1) is 11.8 Å². The van der Waals surface area contributed by atoms with Crippen molar-refractivity contribution in [2.75, 3.05) is 51.6 Å². The van der Waals surface area contributed by atoms with Crippen LogP contribution >= 0.6 is 23.4 Å². The Morgan fingerprint density at radius 2 is 1.69 bits per heavy atom. The molecule has 190 valence electrons. The summed E-state index contributed by atoms with van der Waals surface area (Å²) in [5.41, 5.74) is 3.04. The second-order valence-corrected chi connectivity index (χ2v) is 11.3. The van der Waals surface area contributed by atoms with Crippen LogP contribution in [0.25, 0.3) is 0 Å².